The van der Waals surface area contributed by atoms with Gasteiger partial charge >= 0.3 is 12.1 Å². The van der Waals surface area contributed by atoms with Crippen molar-refractivity contribution in [1.82, 2.24) is 5.43 Å². The molecule has 0 radical (unpaired) electrons. The van der Waals surface area contributed by atoms with Crippen LogP contribution in [0.25, 0.3) is 0 Å². The fraction of sp³-hybridized carbons (Fsp3) is 0.700. The van der Waals surface area contributed by atoms with E-state index < -0.39 is 23.0 Å². The number of hydrogen-bond donors (Lipinski definition) is 1. The first kappa shape index (κ1) is 15.7. The van der Waals surface area contributed by atoms with E-state index in [1.54, 1.807) is 20.8 Å². The molecule has 0 saturated heterocycles. The number of hydrazone groups is 1. The summed E-state index contributed by atoms with van der Waals surface area (Å²) >= 11 is 5.70. The smallest absolute Gasteiger partial charge is 0.428 e. The van der Waals surface area contributed by atoms with Gasteiger partial charge in [-0.3, -0.25) is 4.79 Å². The largest absolute Gasteiger partial charge is 0.468 e. The third-order valence-electron chi connectivity index (χ3n) is 1.50. The van der Waals surface area contributed by atoms with Gasteiger partial charge in [-0.25, -0.2) is 10.2 Å². The van der Waals surface area contributed by atoms with E-state index in [1.807, 2.05) is 0 Å². The van der Waals surface area contributed by atoms with Crippen LogP contribution in [0, 0.1) is 0 Å². The van der Waals surface area contributed by atoms with Crippen LogP contribution in [0.3, 0.4) is 0 Å². The molecule has 0 bridgehead atoms. The molecule has 0 rings (SSSR count). The Balaban J connectivity index is 4.33. The van der Waals surface area contributed by atoms with Crippen molar-refractivity contribution in [3.8, 4) is 0 Å². The van der Waals surface area contributed by atoms with Gasteiger partial charge in [0.25, 0.3) is 0 Å². The molecule has 0 saturated carbocycles. The van der Waals surface area contributed by atoms with Crippen LogP contribution in [-0.2, 0) is 14.3 Å². The van der Waals surface area contributed by atoms with Crippen molar-refractivity contribution >= 4 is 29.4 Å². The minimum atomic E-state index is -1.03. The lowest BCUT2D eigenvalue weighted by atomic mass is 10.2. The number of ether oxygens (including phenoxy) is 2. The van der Waals surface area contributed by atoms with E-state index in [0.717, 1.165) is 0 Å². The SMILES string of the molecule is COC(=O)C(Cl)C(C)=NNC(=O)OC(C)(C)C. The van der Waals surface area contributed by atoms with Gasteiger partial charge in [0.05, 0.1) is 12.8 Å². The number of esters is 1. The number of hydrogen-bond acceptors (Lipinski definition) is 5. The van der Waals surface area contributed by atoms with Gasteiger partial charge in [0.1, 0.15) is 5.60 Å². The zero-order chi connectivity index (χ0) is 13.6. The molecule has 0 aliphatic carbocycles. The second-order valence-electron chi connectivity index (χ2n) is 4.25. The fourth-order valence-corrected chi connectivity index (χ4v) is 0.903. The van der Waals surface area contributed by atoms with Crippen molar-refractivity contribution in [2.75, 3.05) is 7.11 Å². The van der Waals surface area contributed by atoms with Crippen LogP contribution in [0.4, 0.5) is 4.79 Å². The molecule has 0 aromatic heterocycles. The molecule has 0 spiro atoms. The van der Waals surface area contributed by atoms with Crippen LogP contribution in [0.15, 0.2) is 5.10 Å². The van der Waals surface area contributed by atoms with Crippen LogP contribution in [-0.4, -0.2) is 35.9 Å². The molecule has 0 heterocycles. The number of nitrogens with zero attached hydrogens (tertiary/aromatic N) is 1. The average Bonchev–Trinajstić information content (AvgIpc) is 2.21. The molecule has 17 heavy (non-hydrogen) atoms. The summed E-state index contributed by atoms with van der Waals surface area (Å²) in [5.41, 5.74) is 1.73. The van der Waals surface area contributed by atoms with Gasteiger partial charge in [-0.1, -0.05) is 0 Å². The third kappa shape index (κ3) is 6.78. The van der Waals surface area contributed by atoms with Crippen molar-refractivity contribution in [2.45, 2.75) is 38.7 Å². The standard InChI is InChI=1S/C10H17ClN2O4/c1-6(7(11)8(14)16-5)12-13-9(15)17-10(2,3)4/h7H,1-5H3,(H,13,15). The lowest BCUT2D eigenvalue weighted by Gasteiger charge is -2.18. The predicted molar refractivity (Wildman–Crippen MR) is 64.1 cm³/mol. The highest BCUT2D eigenvalue weighted by Gasteiger charge is 2.20. The molecule has 7 heteroatoms. The molecular weight excluding hydrogens is 248 g/mol. The quantitative estimate of drug-likeness (QED) is 0.364. The predicted octanol–water partition coefficient (Wildman–Crippen LogP) is 1.67. The van der Waals surface area contributed by atoms with Crippen LogP contribution in [0.5, 0.6) is 0 Å². The summed E-state index contributed by atoms with van der Waals surface area (Å²) in [6, 6.07) is 0. The zero-order valence-corrected chi connectivity index (χ0v) is 11.3. The van der Waals surface area contributed by atoms with E-state index in [4.69, 9.17) is 16.3 Å². The Kier molecular flexibility index (Phi) is 5.95. The van der Waals surface area contributed by atoms with E-state index in [1.165, 1.54) is 14.0 Å². The fourth-order valence-electron chi connectivity index (χ4n) is 0.765. The Morgan fingerprint density at radius 3 is 2.29 bits per heavy atom. The molecule has 1 N–H and O–H groups in total. The summed E-state index contributed by atoms with van der Waals surface area (Å²) in [5, 5.41) is 2.60. The second kappa shape index (κ2) is 6.44. The van der Waals surface area contributed by atoms with E-state index >= 15 is 0 Å². The molecule has 1 unspecified atom stereocenters. The summed E-state index contributed by atoms with van der Waals surface area (Å²) in [7, 11) is 1.21. The van der Waals surface area contributed by atoms with Gasteiger partial charge in [0.15, 0.2) is 5.38 Å². The topological polar surface area (TPSA) is 77.0 Å². The molecule has 1 amide bonds. The van der Waals surface area contributed by atoms with Gasteiger partial charge in [0.2, 0.25) is 0 Å². The second-order valence-corrected chi connectivity index (χ2v) is 4.69. The van der Waals surface area contributed by atoms with Crippen molar-refractivity contribution < 1.29 is 19.1 Å². The Hall–Kier alpha value is -1.30. The molecule has 0 fully saturated rings. The normalized spacial score (nSPS) is 13.9. The number of rotatable bonds is 3. The molecule has 0 aromatic carbocycles. The Morgan fingerprint density at radius 2 is 1.88 bits per heavy atom. The monoisotopic (exact) mass is 264 g/mol. The highest BCUT2D eigenvalue weighted by Crippen LogP contribution is 2.06. The highest BCUT2D eigenvalue weighted by atomic mass is 35.5. The lowest BCUT2D eigenvalue weighted by Crippen LogP contribution is -2.32. The van der Waals surface area contributed by atoms with Crippen molar-refractivity contribution in [1.29, 1.82) is 0 Å². The minimum Gasteiger partial charge on any atom is -0.468 e. The highest BCUT2D eigenvalue weighted by molar-refractivity contribution is 6.41. The zero-order valence-electron chi connectivity index (χ0n) is 10.5. The molecule has 98 valence electrons. The Labute approximate surface area is 105 Å². The number of amides is 1. The van der Waals surface area contributed by atoms with Gasteiger partial charge in [-0.2, -0.15) is 5.10 Å². The summed E-state index contributed by atoms with van der Waals surface area (Å²) < 4.78 is 9.36. The average molecular weight is 265 g/mol. The van der Waals surface area contributed by atoms with Crippen LogP contribution in [0.2, 0.25) is 0 Å². The van der Waals surface area contributed by atoms with E-state index in [9.17, 15) is 9.59 Å². The summed E-state index contributed by atoms with van der Waals surface area (Å²) in [6.45, 7) is 6.66. The van der Waals surface area contributed by atoms with Gasteiger partial charge in [-0.05, 0) is 27.7 Å². The van der Waals surface area contributed by atoms with E-state index in [2.05, 4.69) is 15.3 Å². The number of methoxy groups -OCH3 is 1. The van der Waals surface area contributed by atoms with Gasteiger partial charge in [-0.15, -0.1) is 11.6 Å². The molecular formula is C10H17ClN2O4. The number of carbonyl (C=O) groups is 2. The van der Waals surface area contributed by atoms with Crippen molar-refractivity contribution in [3.63, 3.8) is 0 Å². The van der Waals surface area contributed by atoms with E-state index in [0.29, 0.717) is 0 Å². The minimum absolute atomic E-state index is 0.212. The number of nitrogens with one attached hydrogen (secondary N) is 1. The number of alkyl halides is 1. The molecule has 0 aliphatic heterocycles. The van der Waals surface area contributed by atoms with Crippen molar-refractivity contribution in [3.05, 3.63) is 0 Å². The molecule has 6 nitrogen and oxygen atoms in total. The summed E-state index contributed by atoms with van der Waals surface area (Å²) in [6.07, 6.45) is -0.717. The van der Waals surface area contributed by atoms with Crippen LogP contribution >= 0.6 is 11.6 Å². The van der Waals surface area contributed by atoms with Crippen LogP contribution < -0.4 is 5.43 Å². The first-order valence-corrected chi connectivity index (χ1v) is 5.36. The number of carbonyl (C=O) groups excluding carboxylic acids is 2. The Morgan fingerprint density at radius 1 is 1.35 bits per heavy atom. The maximum Gasteiger partial charge on any atom is 0.428 e. The van der Waals surface area contributed by atoms with Gasteiger partial charge < -0.3 is 9.47 Å². The number of halogens is 1. The third-order valence-corrected chi connectivity index (χ3v) is 1.99. The maximum atomic E-state index is 11.2. The van der Waals surface area contributed by atoms with Crippen molar-refractivity contribution in [2.24, 2.45) is 5.10 Å². The maximum absolute atomic E-state index is 11.2. The molecule has 0 aliphatic rings. The molecule has 1 atom stereocenters. The summed E-state index contributed by atoms with van der Waals surface area (Å²) in [5.74, 6) is -0.640. The Bertz CT molecular complexity index is 323. The lowest BCUT2D eigenvalue weighted by molar-refractivity contribution is -0.138. The first-order chi connectivity index (χ1) is 7.67. The summed E-state index contributed by atoms with van der Waals surface area (Å²) in [4.78, 5) is 22.3. The molecule has 0 aromatic rings. The van der Waals surface area contributed by atoms with Gasteiger partial charge in [0, 0.05) is 0 Å². The van der Waals surface area contributed by atoms with E-state index in [-0.39, 0.29) is 5.71 Å². The first-order valence-electron chi connectivity index (χ1n) is 4.92. The van der Waals surface area contributed by atoms with Crippen LogP contribution in [0.1, 0.15) is 27.7 Å².